The van der Waals surface area contributed by atoms with Crippen molar-refractivity contribution in [3.05, 3.63) is 75.4 Å². The van der Waals surface area contributed by atoms with Gasteiger partial charge in [-0.25, -0.2) is 9.78 Å². The van der Waals surface area contributed by atoms with Crippen LogP contribution >= 0.6 is 27.5 Å². The standard InChI is InChI=1S/C19H14BrClN2O3/c20-14-7-6-13(21)9-12(14)10-17(19(25)26)23-18(24)16-8-5-11-3-1-2-4-15(11)22-16/h1-9,17H,10H2,(H,23,24)(H,25,26)/t17-/m1/s1. The van der Waals surface area contributed by atoms with Gasteiger partial charge in [0.15, 0.2) is 0 Å². The van der Waals surface area contributed by atoms with Crippen LogP contribution in [0.15, 0.2) is 59.1 Å². The maximum atomic E-state index is 12.5. The first-order valence-electron chi connectivity index (χ1n) is 7.77. The molecule has 1 atom stereocenters. The van der Waals surface area contributed by atoms with Gasteiger partial charge in [-0.15, -0.1) is 0 Å². The number of carbonyl (C=O) groups excluding carboxylic acids is 1. The maximum absolute atomic E-state index is 12.5. The van der Waals surface area contributed by atoms with Crippen LogP contribution < -0.4 is 5.32 Å². The third kappa shape index (κ3) is 4.20. The van der Waals surface area contributed by atoms with Crippen molar-refractivity contribution < 1.29 is 14.7 Å². The number of carboxylic acids is 1. The van der Waals surface area contributed by atoms with Gasteiger partial charge in [0.1, 0.15) is 11.7 Å². The number of hydrogen-bond donors (Lipinski definition) is 2. The minimum absolute atomic E-state index is 0.0931. The van der Waals surface area contributed by atoms with Crippen LogP contribution in [0.25, 0.3) is 10.9 Å². The van der Waals surface area contributed by atoms with Crippen molar-refractivity contribution >= 4 is 50.3 Å². The molecule has 132 valence electrons. The minimum Gasteiger partial charge on any atom is -0.480 e. The Bertz CT molecular complexity index is 993. The summed E-state index contributed by atoms with van der Waals surface area (Å²) in [5.74, 6) is -1.67. The van der Waals surface area contributed by atoms with Crippen molar-refractivity contribution in [2.45, 2.75) is 12.5 Å². The van der Waals surface area contributed by atoms with Crippen molar-refractivity contribution in [3.8, 4) is 0 Å². The molecule has 3 aromatic rings. The van der Waals surface area contributed by atoms with E-state index in [2.05, 4.69) is 26.2 Å². The van der Waals surface area contributed by atoms with Crippen molar-refractivity contribution in [2.75, 3.05) is 0 Å². The summed E-state index contributed by atoms with van der Waals surface area (Å²) in [5.41, 5.74) is 1.53. The number of carboxylic acid groups (broad SMARTS) is 1. The lowest BCUT2D eigenvalue weighted by Crippen LogP contribution is -2.42. The molecule has 2 aromatic carbocycles. The number of nitrogens with zero attached hydrogens (tertiary/aromatic N) is 1. The average molecular weight is 434 g/mol. The van der Waals surface area contributed by atoms with Crippen molar-refractivity contribution in [3.63, 3.8) is 0 Å². The number of hydrogen-bond acceptors (Lipinski definition) is 3. The fraction of sp³-hybridized carbons (Fsp3) is 0.105. The van der Waals surface area contributed by atoms with Gasteiger partial charge in [0.25, 0.3) is 5.91 Å². The first-order valence-corrected chi connectivity index (χ1v) is 8.94. The molecule has 26 heavy (non-hydrogen) atoms. The largest absolute Gasteiger partial charge is 0.480 e. The lowest BCUT2D eigenvalue weighted by atomic mass is 10.1. The summed E-state index contributed by atoms with van der Waals surface area (Å²) in [6, 6.07) is 14.7. The second kappa shape index (κ2) is 7.85. The summed E-state index contributed by atoms with van der Waals surface area (Å²) in [4.78, 5) is 28.4. The van der Waals surface area contributed by atoms with Crippen LogP contribution in [0.5, 0.6) is 0 Å². The second-order valence-corrected chi connectivity index (χ2v) is 6.98. The number of carbonyl (C=O) groups is 2. The van der Waals surface area contributed by atoms with E-state index in [0.29, 0.717) is 16.1 Å². The highest BCUT2D eigenvalue weighted by Crippen LogP contribution is 2.22. The second-order valence-electron chi connectivity index (χ2n) is 5.69. The predicted octanol–water partition coefficient (Wildman–Crippen LogP) is 4.08. The van der Waals surface area contributed by atoms with Crippen LogP contribution in [0.4, 0.5) is 0 Å². The molecule has 2 N–H and O–H groups in total. The fourth-order valence-corrected chi connectivity index (χ4v) is 3.15. The van der Waals surface area contributed by atoms with Gasteiger partial charge in [0.2, 0.25) is 0 Å². The molecule has 0 aliphatic rings. The first kappa shape index (κ1) is 18.4. The molecule has 1 amide bonds. The van der Waals surface area contributed by atoms with Crippen LogP contribution in [0, 0.1) is 0 Å². The van der Waals surface area contributed by atoms with E-state index >= 15 is 0 Å². The zero-order chi connectivity index (χ0) is 18.7. The molecule has 0 aliphatic carbocycles. The summed E-state index contributed by atoms with van der Waals surface area (Å²) in [5, 5.41) is 13.4. The number of fused-ring (bicyclic) bond motifs is 1. The molecule has 7 heteroatoms. The van der Waals surface area contributed by atoms with Crippen molar-refractivity contribution in [1.82, 2.24) is 10.3 Å². The topological polar surface area (TPSA) is 79.3 Å². The van der Waals surface area contributed by atoms with Gasteiger partial charge in [0, 0.05) is 21.3 Å². The van der Waals surface area contributed by atoms with E-state index in [1.807, 2.05) is 18.2 Å². The van der Waals surface area contributed by atoms with Crippen LogP contribution in [0.2, 0.25) is 5.02 Å². The molecule has 1 heterocycles. The first-order chi connectivity index (χ1) is 12.4. The monoisotopic (exact) mass is 432 g/mol. The van der Waals surface area contributed by atoms with E-state index in [1.165, 1.54) is 0 Å². The quantitative estimate of drug-likeness (QED) is 0.635. The van der Waals surface area contributed by atoms with Gasteiger partial charge in [-0.1, -0.05) is 51.8 Å². The molecular weight excluding hydrogens is 420 g/mol. The summed E-state index contributed by atoms with van der Waals surface area (Å²) in [7, 11) is 0. The van der Waals surface area contributed by atoms with E-state index in [4.69, 9.17) is 11.6 Å². The highest BCUT2D eigenvalue weighted by molar-refractivity contribution is 9.10. The molecule has 0 saturated carbocycles. The minimum atomic E-state index is -1.13. The van der Waals surface area contributed by atoms with E-state index < -0.39 is 17.9 Å². The molecule has 3 rings (SSSR count). The van der Waals surface area contributed by atoms with E-state index in [0.717, 1.165) is 9.86 Å². The Morgan fingerprint density at radius 2 is 1.92 bits per heavy atom. The average Bonchev–Trinajstić information content (AvgIpc) is 2.63. The lowest BCUT2D eigenvalue weighted by molar-refractivity contribution is -0.139. The normalized spacial score (nSPS) is 11.9. The zero-order valence-electron chi connectivity index (χ0n) is 13.4. The van der Waals surface area contributed by atoms with Crippen LogP contribution in [-0.4, -0.2) is 28.0 Å². The summed E-state index contributed by atoms with van der Waals surface area (Å²) in [6.45, 7) is 0. The Kier molecular flexibility index (Phi) is 5.54. The number of pyridine rings is 1. The Balaban J connectivity index is 1.81. The van der Waals surface area contributed by atoms with E-state index in [-0.39, 0.29) is 12.1 Å². The van der Waals surface area contributed by atoms with Gasteiger partial charge >= 0.3 is 5.97 Å². The number of para-hydroxylation sites is 1. The van der Waals surface area contributed by atoms with Crippen molar-refractivity contribution in [2.24, 2.45) is 0 Å². The van der Waals surface area contributed by atoms with Crippen molar-refractivity contribution in [1.29, 1.82) is 0 Å². The Morgan fingerprint density at radius 1 is 1.15 bits per heavy atom. The molecule has 0 spiro atoms. The lowest BCUT2D eigenvalue weighted by Gasteiger charge is -2.15. The smallest absolute Gasteiger partial charge is 0.326 e. The number of aromatic nitrogens is 1. The van der Waals surface area contributed by atoms with Gasteiger partial charge in [0.05, 0.1) is 5.52 Å². The molecule has 0 bridgehead atoms. The number of benzene rings is 2. The zero-order valence-corrected chi connectivity index (χ0v) is 15.8. The molecule has 5 nitrogen and oxygen atoms in total. The summed E-state index contributed by atoms with van der Waals surface area (Å²) >= 11 is 9.34. The van der Waals surface area contributed by atoms with Gasteiger partial charge in [-0.05, 0) is 35.9 Å². The fourth-order valence-electron chi connectivity index (χ4n) is 2.54. The SMILES string of the molecule is O=C(N[C@H](Cc1cc(Cl)ccc1Br)C(=O)O)c1ccc2ccccc2n1. The third-order valence-corrected chi connectivity index (χ3v) is 4.87. The molecular formula is C19H14BrClN2O3. The Morgan fingerprint density at radius 3 is 2.69 bits per heavy atom. The van der Waals surface area contributed by atoms with E-state index in [9.17, 15) is 14.7 Å². The number of amides is 1. The summed E-state index contributed by atoms with van der Waals surface area (Å²) in [6.07, 6.45) is 0.0931. The van der Waals surface area contributed by atoms with Crippen LogP contribution in [-0.2, 0) is 11.2 Å². The number of nitrogens with one attached hydrogen (secondary N) is 1. The molecule has 0 radical (unpaired) electrons. The molecule has 1 aromatic heterocycles. The van der Waals surface area contributed by atoms with Gasteiger partial charge in [-0.3, -0.25) is 4.79 Å². The molecule has 0 saturated heterocycles. The molecule has 0 unspecified atom stereocenters. The van der Waals surface area contributed by atoms with Gasteiger partial charge in [-0.2, -0.15) is 0 Å². The summed E-state index contributed by atoms with van der Waals surface area (Å²) < 4.78 is 0.728. The number of rotatable bonds is 5. The maximum Gasteiger partial charge on any atom is 0.326 e. The van der Waals surface area contributed by atoms with Crippen LogP contribution in [0.3, 0.4) is 0 Å². The highest BCUT2D eigenvalue weighted by atomic mass is 79.9. The highest BCUT2D eigenvalue weighted by Gasteiger charge is 2.23. The third-order valence-electron chi connectivity index (χ3n) is 3.87. The molecule has 0 fully saturated rings. The molecule has 0 aliphatic heterocycles. The van der Waals surface area contributed by atoms with Gasteiger partial charge < -0.3 is 10.4 Å². The van der Waals surface area contributed by atoms with E-state index in [1.54, 1.807) is 36.4 Å². The number of aliphatic carboxylic acids is 1. The predicted molar refractivity (Wildman–Crippen MR) is 103 cm³/mol. The Hall–Kier alpha value is -2.44. The Labute approximate surface area is 163 Å². The number of halogens is 2. The van der Waals surface area contributed by atoms with Crippen LogP contribution in [0.1, 0.15) is 16.1 Å².